The predicted octanol–water partition coefficient (Wildman–Crippen LogP) is 0.612. The predicted molar refractivity (Wildman–Crippen MR) is 54.7 cm³/mol. The summed E-state index contributed by atoms with van der Waals surface area (Å²) >= 11 is 6.24. The van der Waals surface area contributed by atoms with Crippen LogP contribution in [0.3, 0.4) is 0 Å². The van der Waals surface area contributed by atoms with Gasteiger partial charge < -0.3 is 11.5 Å². The van der Waals surface area contributed by atoms with E-state index in [0.29, 0.717) is 14.9 Å². The van der Waals surface area contributed by atoms with Crippen molar-refractivity contribution in [3.63, 3.8) is 0 Å². The molecule has 5 nitrogen and oxygen atoms in total. The molecule has 0 spiro atoms. The summed E-state index contributed by atoms with van der Waals surface area (Å²) in [4.78, 5) is 18.5. The molecule has 0 aliphatic heterocycles. The van der Waals surface area contributed by atoms with Gasteiger partial charge in [0, 0.05) is 0 Å². The zero-order valence-corrected chi connectivity index (χ0v) is 9.59. The second-order valence-electron chi connectivity index (χ2n) is 2.28. The van der Waals surface area contributed by atoms with E-state index in [1.807, 2.05) is 0 Å². The minimum absolute atomic E-state index is 0.0189. The molecule has 0 unspecified atom stereocenters. The lowest BCUT2D eigenvalue weighted by Crippen LogP contribution is -2.16. The van der Waals surface area contributed by atoms with Crippen molar-refractivity contribution in [1.82, 2.24) is 9.97 Å². The number of nitrogens with two attached hydrogens (primary N) is 2. The Labute approximate surface area is 91.2 Å². The number of nitrogens with zero attached hydrogens (tertiary/aromatic N) is 2. The molecular weight excluding hydrogens is 304 g/mol. The molecule has 0 aliphatic rings. The van der Waals surface area contributed by atoms with Gasteiger partial charge in [-0.3, -0.25) is 4.79 Å². The maximum atomic E-state index is 10.6. The summed E-state index contributed by atoms with van der Waals surface area (Å²) in [5, 5.41) is 0. The van der Waals surface area contributed by atoms with Crippen molar-refractivity contribution in [1.29, 1.82) is 0 Å². The second kappa shape index (κ2) is 4.01. The number of primary amides is 1. The molecule has 0 fully saturated rings. The molecule has 0 atom stereocenters. The van der Waals surface area contributed by atoms with Gasteiger partial charge in [-0.05, 0) is 31.9 Å². The SMILES string of the molecule is NC(=O)Cc1nc(N)c(Br)nc1Br. The molecule has 1 heterocycles. The highest BCUT2D eigenvalue weighted by Crippen LogP contribution is 2.20. The summed E-state index contributed by atoms with van der Waals surface area (Å²) in [5.74, 6) is -0.240. The molecule has 0 saturated heterocycles. The summed E-state index contributed by atoms with van der Waals surface area (Å²) in [6.45, 7) is 0. The first-order valence-electron chi connectivity index (χ1n) is 3.26. The van der Waals surface area contributed by atoms with Gasteiger partial charge in [0.1, 0.15) is 9.21 Å². The third-order valence-electron chi connectivity index (χ3n) is 1.24. The monoisotopic (exact) mass is 308 g/mol. The van der Waals surface area contributed by atoms with E-state index in [1.54, 1.807) is 0 Å². The third kappa shape index (κ3) is 2.63. The Bertz CT molecular complexity index is 355. The van der Waals surface area contributed by atoms with E-state index in [9.17, 15) is 4.79 Å². The number of amides is 1. The Morgan fingerprint density at radius 2 is 1.92 bits per heavy atom. The Morgan fingerprint density at radius 3 is 2.46 bits per heavy atom. The maximum absolute atomic E-state index is 10.6. The first-order chi connectivity index (χ1) is 6.00. The minimum atomic E-state index is -0.475. The van der Waals surface area contributed by atoms with E-state index < -0.39 is 5.91 Å². The number of carbonyl (C=O) groups excluding carboxylic acids is 1. The Balaban J connectivity index is 3.08. The number of anilines is 1. The average Bonchev–Trinajstić information content (AvgIpc) is 1.99. The minimum Gasteiger partial charge on any atom is -0.381 e. The van der Waals surface area contributed by atoms with Gasteiger partial charge in [-0.1, -0.05) is 0 Å². The van der Waals surface area contributed by atoms with Crippen LogP contribution in [-0.4, -0.2) is 15.9 Å². The lowest BCUT2D eigenvalue weighted by Gasteiger charge is -2.02. The molecule has 1 rings (SSSR count). The van der Waals surface area contributed by atoms with Crippen LogP contribution in [0.15, 0.2) is 9.21 Å². The van der Waals surface area contributed by atoms with E-state index in [0.717, 1.165) is 0 Å². The van der Waals surface area contributed by atoms with E-state index in [4.69, 9.17) is 11.5 Å². The van der Waals surface area contributed by atoms with Gasteiger partial charge in [-0.2, -0.15) is 0 Å². The molecule has 70 valence electrons. The van der Waals surface area contributed by atoms with Crippen LogP contribution in [-0.2, 0) is 11.2 Å². The molecule has 7 heteroatoms. The molecule has 0 bridgehead atoms. The van der Waals surface area contributed by atoms with Gasteiger partial charge in [0.25, 0.3) is 0 Å². The third-order valence-corrected chi connectivity index (χ3v) is 2.46. The number of rotatable bonds is 2. The lowest BCUT2D eigenvalue weighted by molar-refractivity contribution is -0.117. The summed E-state index contributed by atoms with van der Waals surface area (Å²) in [7, 11) is 0. The number of carbonyl (C=O) groups is 1. The Morgan fingerprint density at radius 1 is 1.31 bits per heavy atom. The largest absolute Gasteiger partial charge is 0.381 e. The van der Waals surface area contributed by atoms with Gasteiger partial charge in [-0.15, -0.1) is 0 Å². The molecule has 0 aliphatic carbocycles. The molecule has 4 N–H and O–H groups in total. The summed E-state index contributed by atoms with van der Waals surface area (Å²) in [5.41, 5.74) is 10.9. The number of nitrogen functional groups attached to an aromatic ring is 1. The average molecular weight is 310 g/mol. The van der Waals surface area contributed by atoms with Crippen LogP contribution in [0.4, 0.5) is 5.82 Å². The Hall–Kier alpha value is -0.690. The zero-order chi connectivity index (χ0) is 10.0. The van der Waals surface area contributed by atoms with Crippen molar-refractivity contribution in [2.24, 2.45) is 5.73 Å². The van der Waals surface area contributed by atoms with Crippen LogP contribution in [0.5, 0.6) is 0 Å². The van der Waals surface area contributed by atoms with Gasteiger partial charge in [0.05, 0.1) is 12.1 Å². The topological polar surface area (TPSA) is 94.9 Å². The van der Waals surface area contributed by atoms with Crippen molar-refractivity contribution in [2.75, 3.05) is 5.73 Å². The highest BCUT2D eigenvalue weighted by atomic mass is 79.9. The number of aromatic nitrogens is 2. The summed E-state index contributed by atoms with van der Waals surface area (Å²) in [6.07, 6.45) is 0.0189. The number of hydrogen-bond donors (Lipinski definition) is 2. The molecular formula is C6H6Br2N4O. The van der Waals surface area contributed by atoms with E-state index in [2.05, 4.69) is 41.8 Å². The second-order valence-corrected chi connectivity index (χ2v) is 3.78. The highest BCUT2D eigenvalue weighted by molar-refractivity contribution is 9.11. The fourth-order valence-corrected chi connectivity index (χ4v) is 1.63. The smallest absolute Gasteiger partial charge is 0.223 e. The fraction of sp³-hybridized carbons (Fsp3) is 0.167. The highest BCUT2D eigenvalue weighted by Gasteiger charge is 2.09. The lowest BCUT2D eigenvalue weighted by atomic mass is 10.3. The molecule has 13 heavy (non-hydrogen) atoms. The molecule has 1 aromatic rings. The van der Waals surface area contributed by atoms with Crippen molar-refractivity contribution in [3.05, 3.63) is 14.9 Å². The van der Waals surface area contributed by atoms with Crippen molar-refractivity contribution >= 4 is 43.6 Å². The quantitative estimate of drug-likeness (QED) is 0.837. The van der Waals surface area contributed by atoms with Gasteiger partial charge in [0.15, 0.2) is 5.82 Å². The van der Waals surface area contributed by atoms with Crippen LogP contribution in [0.25, 0.3) is 0 Å². The maximum Gasteiger partial charge on any atom is 0.223 e. The van der Waals surface area contributed by atoms with Crippen LogP contribution < -0.4 is 11.5 Å². The first-order valence-corrected chi connectivity index (χ1v) is 4.85. The van der Waals surface area contributed by atoms with Gasteiger partial charge >= 0.3 is 0 Å². The van der Waals surface area contributed by atoms with E-state index in [1.165, 1.54) is 0 Å². The normalized spacial score (nSPS) is 10.0. The zero-order valence-electron chi connectivity index (χ0n) is 6.42. The summed E-state index contributed by atoms with van der Waals surface area (Å²) < 4.78 is 0.903. The van der Waals surface area contributed by atoms with Crippen LogP contribution in [0, 0.1) is 0 Å². The van der Waals surface area contributed by atoms with Gasteiger partial charge in [0.2, 0.25) is 5.91 Å². The van der Waals surface area contributed by atoms with Crippen LogP contribution in [0.1, 0.15) is 5.69 Å². The van der Waals surface area contributed by atoms with Gasteiger partial charge in [-0.25, -0.2) is 9.97 Å². The molecule has 0 saturated carbocycles. The molecule has 0 aromatic carbocycles. The van der Waals surface area contributed by atoms with Crippen LogP contribution >= 0.6 is 31.9 Å². The molecule has 1 amide bonds. The van der Waals surface area contributed by atoms with Crippen molar-refractivity contribution < 1.29 is 4.79 Å². The standard InChI is InChI=1S/C6H6Br2N4O/c7-4-2(1-3(9)13)11-6(10)5(8)12-4/h1H2,(H2,9,13)(H2,10,11). The van der Waals surface area contributed by atoms with E-state index in [-0.39, 0.29) is 12.2 Å². The Kier molecular flexibility index (Phi) is 3.21. The van der Waals surface area contributed by atoms with Crippen molar-refractivity contribution in [3.8, 4) is 0 Å². The fourth-order valence-electron chi connectivity index (χ4n) is 0.723. The van der Waals surface area contributed by atoms with Crippen LogP contribution in [0.2, 0.25) is 0 Å². The number of halogens is 2. The first kappa shape index (κ1) is 10.4. The van der Waals surface area contributed by atoms with Crippen molar-refractivity contribution in [2.45, 2.75) is 6.42 Å². The molecule has 0 radical (unpaired) electrons. The number of hydrogen-bond acceptors (Lipinski definition) is 4. The summed E-state index contributed by atoms with van der Waals surface area (Å²) in [6, 6.07) is 0. The molecule has 1 aromatic heterocycles. The van der Waals surface area contributed by atoms with E-state index >= 15 is 0 Å².